The molecule has 0 amide bonds. The molecule has 0 aromatic heterocycles. The Morgan fingerprint density at radius 3 is 0.784 bits per heavy atom. The number of hydrogen-bond acceptors (Lipinski definition) is 0. The molecular formula is C21H6BF15. The van der Waals surface area contributed by atoms with Gasteiger partial charge in [0.25, 0.3) is 6.71 Å². The van der Waals surface area contributed by atoms with Gasteiger partial charge in [0.2, 0.25) is 0 Å². The van der Waals surface area contributed by atoms with E-state index in [0.717, 1.165) is 0 Å². The largest absolute Gasteiger partial charge is 0.422 e. The van der Waals surface area contributed by atoms with Gasteiger partial charge in [-0.3, -0.25) is 0 Å². The van der Waals surface area contributed by atoms with Crippen molar-refractivity contribution in [2.75, 3.05) is 0 Å². The van der Waals surface area contributed by atoms with Crippen molar-refractivity contribution < 1.29 is 65.9 Å². The molecule has 0 fully saturated rings. The molecule has 0 atom stereocenters. The highest BCUT2D eigenvalue weighted by molar-refractivity contribution is 6.95. The zero-order valence-corrected chi connectivity index (χ0v) is 17.2. The highest BCUT2D eigenvalue weighted by Crippen LogP contribution is 2.36. The Balaban J connectivity index is 2.53. The summed E-state index contributed by atoms with van der Waals surface area (Å²) < 4.78 is 205. The first kappa shape index (κ1) is 28.2. The van der Waals surface area contributed by atoms with Crippen molar-refractivity contribution in [3.8, 4) is 0 Å². The minimum atomic E-state index is -5.83. The molecule has 0 aliphatic heterocycles. The van der Waals surface area contributed by atoms with Crippen LogP contribution in [0.25, 0.3) is 0 Å². The molecule has 37 heavy (non-hydrogen) atoms. The van der Waals surface area contributed by atoms with Crippen LogP contribution in [0.3, 0.4) is 0 Å². The standard InChI is InChI=1S/C21H6BF15/c23-10-4-1-7(16(26)13(10)19(29,30)31)22(8-2-5-11(24)14(17(8)27)20(32,33)34)9-3-6-12(25)15(18(9)28)21(35,36)37/h1-6H. The number of alkyl halides is 9. The molecule has 0 radical (unpaired) electrons. The summed E-state index contributed by atoms with van der Waals surface area (Å²) in [6.07, 6.45) is -17.5. The lowest BCUT2D eigenvalue weighted by Crippen LogP contribution is -2.57. The highest BCUT2D eigenvalue weighted by Gasteiger charge is 2.46. The molecule has 3 aromatic rings. The second-order valence-electron chi connectivity index (χ2n) is 7.40. The van der Waals surface area contributed by atoms with Crippen LogP contribution in [0.4, 0.5) is 65.9 Å². The minimum absolute atomic E-state index is 0.0801. The minimum Gasteiger partial charge on any atom is -0.207 e. The van der Waals surface area contributed by atoms with Crippen LogP contribution >= 0.6 is 0 Å². The molecule has 0 heterocycles. The van der Waals surface area contributed by atoms with Gasteiger partial charge in [0.05, 0.1) is 0 Å². The summed E-state index contributed by atoms with van der Waals surface area (Å²) >= 11 is 0. The summed E-state index contributed by atoms with van der Waals surface area (Å²) in [7, 11) is 0. The van der Waals surface area contributed by atoms with Crippen LogP contribution in [0.2, 0.25) is 0 Å². The maximum atomic E-state index is 14.9. The number of halogens is 15. The Labute approximate surface area is 196 Å². The summed E-state index contributed by atoms with van der Waals surface area (Å²) in [5.41, 5.74) is -13.0. The second kappa shape index (κ2) is 9.21. The molecule has 0 unspecified atom stereocenters. The third-order valence-corrected chi connectivity index (χ3v) is 5.15. The van der Waals surface area contributed by atoms with Crippen molar-refractivity contribution in [2.24, 2.45) is 0 Å². The number of rotatable bonds is 3. The van der Waals surface area contributed by atoms with E-state index in [0.29, 0.717) is 0 Å². The summed E-state index contributed by atoms with van der Waals surface area (Å²) in [5.74, 6) is -14.8. The third-order valence-electron chi connectivity index (χ3n) is 5.15. The van der Waals surface area contributed by atoms with Gasteiger partial charge in [0, 0.05) is 0 Å². The lowest BCUT2D eigenvalue weighted by atomic mass is 9.36. The Bertz CT molecular complexity index is 1190. The van der Waals surface area contributed by atoms with Crippen LogP contribution in [0.15, 0.2) is 36.4 Å². The van der Waals surface area contributed by atoms with Crippen LogP contribution < -0.4 is 16.4 Å². The number of benzene rings is 3. The van der Waals surface area contributed by atoms with Crippen molar-refractivity contribution in [2.45, 2.75) is 18.5 Å². The number of hydrogen-bond donors (Lipinski definition) is 0. The lowest BCUT2D eigenvalue weighted by Gasteiger charge is -2.22. The quantitative estimate of drug-likeness (QED) is 0.272. The van der Waals surface area contributed by atoms with Crippen LogP contribution in [0.5, 0.6) is 0 Å². The van der Waals surface area contributed by atoms with Gasteiger partial charge in [-0.25, -0.2) is 26.3 Å². The van der Waals surface area contributed by atoms with E-state index in [2.05, 4.69) is 0 Å². The molecule has 198 valence electrons. The average Bonchev–Trinajstić information content (AvgIpc) is 2.69. The first-order valence-electron chi connectivity index (χ1n) is 9.43. The van der Waals surface area contributed by atoms with Gasteiger partial charge in [0.15, 0.2) is 0 Å². The normalized spacial score (nSPS) is 12.7. The fourth-order valence-electron chi connectivity index (χ4n) is 3.66. The van der Waals surface area contributed by atoms with Crippen LogP contribution in [-0.2, 0) is 18.5 Å². The van der Waals surface area contributed by atoms with Crippen molar-refractivity contribution in [1.82, 2.24) is 0 Å². The third kappa shape index (κ3) is 5.10. The van der Waals surface area contributed by atoms with E-state index in [-0.39, 0.29) is 36.4 Å². The van der Waals surface area contributed by atoms with E-state index < -0.39 is 93.2 Å². The zero-order valence-electron chi connectivity index (χ0n) is 17.2. The van der Waals surface area contributed by atoms with Crippen molar-refractivity contribution in [1.29, 1.82) is 0 Å². The van der Waals surface area contributed by atoms with Gasteiger partial charge < -0.3 is 0 Å². The fourth-order valence-corrected chi connectivity index (χ4v) is 3.66. The van der Waals surface area contributed by atoms with Crippen LogP contribution in [0.1, 0.15) is 16.7 Å². The predicted octanol–water partition coefficient (Wildman–Crippen LogP) is 6.09. The first-order chi connectivity index (χ1) is 16.8. The molecule has 0 N–H and O–H groups in total. The highest BCUT2D eigenvalue weighted by atomic mass is 19.4. The van der Waals surface area contributed by atoms with E-state index in [4.69, 9.17) is 0 Å². The van der Waals surface area contributed by atoms with Crippen LogP contribution in [0, 0.1) is 34.9 Å². The van der Waals surface area contributed by atoms with Crippen molar-refractivity contribution in [3.05, 3.63) is 88.0 Å². The maximum absolute atomic E-state index is 14.9. The van der Waals surface area contributed by atoms with Gasteiger partial charge in [-0.1, -0.05) is 18.2 Å². The molecule has 0 spiro atoms. The fraction of sp³-hybridized carbons (Fsp3) is 0.143. The van der Waals surface area contributed by atoms with Gasteiger partial charge in [0.1, 0.15) is 51.6 Å². The monoisotopic (exact) mass is 554 g/mol. The smallest absolute Gasteiger partial charge is 0.207 e. The molecule has 0 saturated carbocycles. The molecule has 3 rings (SSSR count). The van der Waals surface area contributed by atoms with Gasteiger partial charge in [-0.05, 0) is 34.6 Å². The molecule has 16 heteroatoms. The first-order valence-corrected chi connectivity index (χ1v) is 9.43. The van der Waals surface area contributed by atoms with Crippen LogP contribution in [-0.4, -0.2) is 6.71 Å². The van der Waals surface area contributed by atoms with Gasteiger partial charge in [-0.2, -0.15) is 39.5 Å². The second-order valence-corrected chi connectivity index (χ2v) is 7.40. The Morgan fingerprint density at radius 1 is 0.378 bits per heavy atom. The molecule has 0 nitrogen and oxygen atoms in total. The molecular weight excluding hydrogens is 548 g/mol. The SMILES string of the molecule is Fc1ccc(B(c2ccc(F)c(C(F)(F)F)c2F)c2ccc(F)c(C(F)(F)F)c2F)c(F)c1C(F)(F)F. The Kier molecular flexibility index (Phi) is 7.03. The topological polar surface area (TPSA) is 0 Å². The predicted molar refractivity (Wildman–Crippen MR) is 98.7 cm³/mol. The maximum Gasteiger partial charge on any atom is 0.422 e. The van der Waals surface area contributed by atoms with E-state index in [1.165, 1.54) is 0 Å². The summed E-state index contributed by atoms with van der Waals surface area (Å²) in [6.45, 7) is -2.94. The summed E-state index contributed by atoms with van der Waals surface area (Å²) in [5, 5.41) is 0. The Morgan fingerprint density at radius 2 is 0.595 bits per heavy atom. The lowest BCUT2D eigenvalue weighted by molar-refractivity contribution is -0.143. The van der Waals surface area contributed by atoms with Crippen molar-refractivity contribution in [3.63, 3.8) is 0 Å². The molecule has 0 saturated heterocycles. The van der Waals surface area contributed by atoms with Gasteiger partial charge >= 0.3 is 18.5 Å². The van der Waals surface area contributed by atoms with E-state index in [1.54, 1.807) is 0 Å². The molecule has 0 bridgehead atoms. The van der Waals surface area contributed by atoms with E-state index >= 15 is 0 Å². The van der Waals surface area contributed by atoms with E-state index in [1.807, 2.05) is 0 Å². The molecule has 0 aliphatic rings. The Hall–Kier alpha value is -3.33. The molecule has 3 aromatic carbocycles. The van der Waals surface area contributed by atoms with Gasteiger partial charge in [-0.15, -0.1) is 0 Å². The van der Waals surface area contributed by atoms with E-state index in [9.17, 15) is 65.9 Å². The van der Waals surface area contributed by atoms with Crippen molar-refractivity contribution >= 4 is 23.1 Å². The zero-order chi connectivity index (χ0) is 28.2. The summed E-state index contributed by atoms with van der Waals surface area (Å²) in [6, 6.07) is -0.0740. The average molecular weight is 554 g/mol. The molecule has 0 aliphatic carbocycles. The summed E-state index contributed by atoms with van der Waals surface area (Å²) in [4.78, 5) is 0.